The molecule has 0 bridgehead atoms. The summed E-state index contributed by atoms with van der Waals surface area (Å²) >= 11 is 0. The summed E-state index contributed by atoms with van der Waals surface area (Å²) in [7, 11) is 0. The van der Waals surface area contributed by atoms with Crippen LogP contribution in [-0.4, -0.2) is 10.9 Å². The van der Waals surface area contributed by atoms with E-state index in [1.807, 2.05) is 12.1 Å². The molecule has 0 aliphatic rings. The van der Waals surface area contributed by atoms with Crippen molar-refractivity contribution >= 4 is 5.91 Å². The van der Waals surface area contributed by atoms with Crippen LogP contribution in [-0.2, 0) is 11.8 Å². The smallest absolute Gasteiger partial charge is 0.267 e. The van der Waals surface area contributed by atoms with Gasteiger partial charge >= 0.3 is 0 Å². The molecule has 2 aromatic rings. The molecule has 0 radical (unpaired) electrons. The molecule has 0 saturated carbocycles. The Morgan fingerprint density at radius 2 is 1.65 bits per heavy atom. The highest BCUT2D eigenvalue weighted by atomic mass is 16.1. The second-order valence-corrected chi connectivity index (χ2v) is 7.37. The van der Waals surface area contributed by atoms with Gasteiger partial charge in [0, 0.05) is 17.5 Å². The van der Waals surface area contributed by atoms with E-state index in [0.29, 0.717) is 12.1 Å². The Kier molecular flexibility index (Phi) is 4.60. The van der Waals surface area contributed by atoms with Gasteiger partial charge in [0.2, 0.25) is 0 Å². The Bertz CT molecular complexity index is 732. The van der Waals surface area contributed by atoms with Gasteiger partial charge in [-0.15, -0.1) is 0 Å². The summed E-state index contributed by atoms with van der Waals surface area (Å²) in [5.41, 5.74) is 12.6. The molecule has 3 heteroatoms. The first-order chi connectivity index (χ1) is 10.6. The first-order valence-electron chi connectivity index (χ1n) is 7.96. The molecule has 0 aliphatic carbocycles. The fraction of sp³-hybridized carbons (Fsp3) is 0.400. The maximum Gasteiger partial charge on any atom is 0.267 e. The highest BCUT2D eigenvalue weighted by Crippen LogP contribution is 2.25. The number of hydrogen-bond donors (Lipinski definition) is 1. The summed E-state index contributed by atoms with van der Waals surface area (Å²) in [4.78, 5) is 16.4. The van der Waals surface area contributed by atoms with Crippen molar-refractivity contribution in [2.75, 3.05) is 0 Å². The molecule has 0 atom stereocenters. The van der Waals surface area contributed by atoms with E-state index >= 15 is 0 Å². The largest absolute Gasteiger partial charge is 0.364 e. The average Bonchev–Trinajstić information content (AvgIpc) is 2.41. The molecule has 1 aromatic carbocycles. The van der Waals surface area contributed by atoms with Gasteiger partial charge in [0.05, 0.1) is 0 Å². The molecule has 0 saturated heterocycles. The second kappa shape index (κ2) is 6.15. The van der Waals surface area contributed by atoms with Gasteiger partial charge in [-0.25, -0.2) is 4.98 Å². The highest BCUT2D eigenvalue weighted by Gasteiger charge is 2.20. The van der Waals surface area contributed by atoms with E-state index in [1.54, 1.807) is 0 Å². The maximum atomic E-state index is 11.9. The topological polar surface area (TPSA) is 56.0 Å². The summed E-state index contributed by atoms with van der Waals surface area (Å²) in [5.74, 6) is -0.464. The third-order valence-electron chi connectivity index (χ3n) is 4.19. The third-order valence-corrected chi connectivity index (χ3v) is 4.19. The molecule has 1 amide bonds. The number of aryl methyl sites for hydroxylation is 3. The van der Waals surface area contributed by atoms with Crippen LogP contribution in [0.25, 0.3) is 0 Å². The monoisotopic (exact) mass is 310 g/mol. The molecule has 122 valence electrons. The van der Waals surface area contributed by atoms with Gasteiger partial charge in [0.15, 0.2) is 0 Å². The molecule has 0 fully saturated rings. The van der Waals surface area contributed by atoms with Gasteiger partial charge in [0.1, 0.15) is 5.69 Å². The molecule has 3 nitrogen and oxygen atoms in total. The summed E-state index contributed by atoms with van der Waals surface area (Å²) in [6, 6.07) is 8.33. The number of nitrogens with zero attached hydrogens (tertiary/aromatic N) is 1. The second-order valence-electron chi connectivity index (χ2n) is 7.37. The zero-order valence-electron chi connectivity index (χ0n) is 14.9. The minimum absolute atomic E-state index is 0.113. The molecule has 23 heavy (non-hydrogen) atoms. The van der Waals surface area contributed by atoms with Gasteiger partial charge in [-0.05, 0) is 49.1 Å². The predicted octanol–water partition coefficient (Wildman–Crippen LogP) is 3.99. The number of amides is 1. The van der Waals surface area contributed by atoms with Crippen molar-refractivity contribution in [2.45, 2.75) is 53.4 Å². The Balaban J connectivity index is 2.51. The molecule has 0 aliphatic heterocycles. The molecule has 2 N–H and O–H groups in total. The Morgan fingerprint density at radius 3 is 2.13 bits per heavy atom. The molecular weight excluding hydrogens is 284 g/mol. The Labute approximate surface area is 138 Å². The van der Waals surface area contributed by atoms with E-state index in [-0.39, 0.29) is 5.41 Å². The minimum Gasteiger partial charge on any atom is -0.364 e. The first kappa shape index (κ1) is 17.2. The van der Waals surface area contributed by atoms with Crippen LogP contribution in [0.4, 0.5) is 0 Å². The minimum atomic E-state index is -0.464. The van der Waals surface area contributed by atoms with Crippen LogP contribution in [0.1, 0.15) is 64.8 Å². The lowest BCUT2D eigenvalue weighted by Gasteiger charge is -2.20. The van der Waals surface area contributed by atoms with Crippen LogP contribution in [0.2, 0.25) is 0 Å². The Hall–Kier alpha value is -2.16. The van der Waals surface area contributed by atoms with E-state index < -0.39 is 5.91 Å². The van der Waals surface area contributed by atoms with Crippen LogP contribution in [0.15, 0.2) is 24.3 Å². The van der Waals surface area contributed by atoms with Crippen LogP contribution >= 0.6 is 0 Å². The SMILES string of the molecule is Cc1cc(C)c(Cc2ccc(C(C)(C)C)nc2C(N)=O)c(C)c1. The molecule has 2 rings (SSSR count). The van der Waals surface area contributed by atoms with Gasteiger partial charge < -0.3 is 5.73 Å². The van der Waals surface area contributed by atoms with Crippen molar-refractivity contribution in [3.05, 3.63) is 63.5 Å². The molecule has 1 heterocycles. The summed E-state index contributed by atoms with van der Waals surface area (Å²) in [6.45, 7) is 12.5. The average molecular weight is 310 g/mol. The van der Waals surface area contributed by atoms with Crippen molar-refractivity contribution in [1.82, 2.24) is 4.98 Å². The number of hydrogen-bond acceptors (Lipinski definition) is 2. The standard InChI is InChI=1S/C20H26N2O/c1-12-9-13(2)16(14(3)10-12)11-15-7-8-17(20(4,5)6)22-18(15)19(21)23/h7-10H,11H2,1-6H3,(H2,21,23). The molecular formula is C20H26N2O. The van der Waals surface area contributed by atoms with Crippen LogP contribution in [0.3, 0.4) is 0 Å². The molecule has 0 spiro atoms. The lowest BCUT2D eigenvalue weighted by atomic mass is 9.89. The maximum absolute atomic E-state index is 11.9. The number of pyridine rings is 1. The van der Waals surface area contributed by atoms with Crippen molar-refractivity contribution in [3.63, 3.8) is 0 Å². The zero-order chi connectivity index (χ0) is 17.4. The number of nitrogens with two attached hydrogens (primary N) is 1. The quantitative estimate of drug-likeness (QED) is 0.931. The number of primary amides is 1. The lowest BCUT2D eigenvalue weighted by molar-refractivity contribution is 0.0994. The van der Waals surface area contributed by atoms with E-state index in [4.69, 9.17) is 5.73 Å². The fourth-order valence-corrected chi connectivity index (χ4v) is 2.94. The van der Waals surface area contributed by atoms with Crippen LogP contribution in [0, 0.1) is 20.8 Å². The number of benzene rings is 1. The van der Waals surface area contributed by atoms with Crippen molar-refractivity contribution < 1.29 is 4.79 Å². The van der Waals surface area contributed by atoms with Gasteiger partial charge in [0.25, 0.3) is 5.91 Å². The summed E-state index contributed by atoms with van der Waals surface area (Å²) < 4.78 is 0. The van der Waals surface area contributed by atoms with Crippen molar-refractivity contribution in [1.29, 1.82) is 0 Å². The first-order valence-corrected chi connectivity index (χ1v) is 7.96. The van der Waals surface area contributed by atoms with E-state index in [1.165, 1.54) is 22.3 Å². The molecule has 0 unspecified atom stereocenters. The van der Waals surface area contributed by atoms with Crippen molar-refractivity contribution in [3.8, 4) is 0 Å². The number of rotatable bonds is 3. The van der Waals surface area contributed by atoms with Crippen LogP contribution < -0.4 is 5.73 Å². The van der Waals surface area contributed by atoms with E-state index in [2.05, 4.69) is 58.7 Å². The van der Waals surface area contributed by atoms with E-state index in [9.17, 15) is 4.79 Å². The summed E-state index contributed by atoms with van der Waals surface area (Å²) in [5, 5.41) is 0. The van der Waals surface area contributed by atoms with E-state index in [0.717, 1.165) is 11.3 Å². The number of aromatic nitrogens is 1. The predicted molar refractivity (Wildman–Crippen MR) is 94.9 cm³/mol. The highest BCUT2D eigenvalue weighted by molar-refractivity contribution is 5.92. The normalized spacial score (nSPS) is 11.6. The Morgan fingerprint density at radius 1 is 1.09 bits per heavy atom. The van der Waals surface area contributed by atoms with Gasteiger partial charge in [-0.2, -0.15) is 0 Å². The van der Waals surface area contributed by atoms with Gasteiger partial charge in [-0.1, -0.05) is 44.5 Å². The number of carbonyl (C=O) groups excluding carboxylic acids is 1. The number of carbonyl (C=O) groups is 1. The third kappa shape index (κ3) is 3.79. The molecule has 1 aromatic heterocycles. The lowest BCUT2D eigenvalue weighted by Crippen LogP contribution is -2.21. The van der Waals surface area contributed by atoms with Crippen molar-refractivity contribution in [2.24, 2.45) is 5.73 Å². The fourth-order valence-electron chi connectivity index (χ4n) is 2.94. The summed E-state index contributed by atoms with van der Waals surface area (Å²) in [6.07, 6.45) is 0.674. The zero-order valence-corrected chi connectivity index (χ0v) is 14.9. The van der Waals surface area contributed by atoms with Gasteiger partial charge in [-0.3, -0.25) is 4.79 Å². The van der Waals surface area contributed by atoms with Crippen LogP contribution in [0.5, 0.6) is 0 Å².